The fourth-order valence-corrected chi connectivity index (χ4v) is 2.46. The standard InChI is InChI=1S/C20H18O3/c1-4-11-22-20-18(21)16-12-14(3)7-10-17(16)23-19(20)15-8-5-13(2)6-9-15/h4-10,12H,1,11H2,2-3H3. The van der Waals surface area contributed by atoms with E-state index >= 15 is 0 Å². The van der Waals surface area contributed by atoms with Crippen molar-refractivity contribution in [3.63, 3.8) is 0 Å². The molecule has 3 aromatic rings. The fraction of sp³-hybridized carbons (Fsp3) is 0.150. The number of ether oxygens (including phenoxy) is 1. The van der Waals surface area contributed by atoms with E-state index in [2.05, 4.69) is 6.58 Å². The van der Waals surface area contributed by atoms with E-state index in [4.69, 9.17) is 9.15 Å². The molecule has 0 spiro atoms. The van der Waals surface area contributed by atoms with Crippen LogP contribution >= 0.6 is 0 Å². The van der Waals surface area contributed by atoms with Crippen LogP contribution in [0.5, 0.6) is 5.75 Å². The van der Waals surface area contributed by atoms with Crippen LogP contribution in [0.15, 0.2) is 64.3 Å². The maximum atomic E-state index is 12.8. The predicted octanol–water partition coefficient (Wildman–Crippen LogP) is 4.64. The lowest BCUT2D eigenvalue weighted by Crippen LogP contribution is -2.10. The number of fused-ring (bicyclic) bond motifs is 1. The van der Waals surface area contributed by atoms with Gasteiger partial charge >= 0.3 is 0 Å². The third-order valence-electron chi connectivity index (χ3n) is 3.66. The molecule has 0 unspecified atom stereocenters. The van der Waals surface area contributed by atoms with Crippen LogP contribution < -0.4 is 10.2 Å². The lowest BCUT2D eigenvalue weighted by Gasteiger charge is -2.11. The third kappa shape index (κ3) is 2.90. The predicted molar refractivity (Wildman–Crippen MR) is 93.1 cm³/mol. The van der Waals surface area contributed by atoms with Crippen LogP contribution in [-0.4, -0.2) is 6.61 Å². The maximum Gasteiger partial charge on any atom is 0.235 e. The van der Waals surface area contributed by atoms with Gasteiger partial charge in [0.15, 0.2) is 5.76 Å². The van der Waals surface area contributed by atoms with E-state index in [0.29, 0.717) is 16.7 Å². The molecule has 2 aromatic carbocycles. The third-order valence-corrected chi connectivity index (χ3v) is 3.66. The van der Waals surface area contributed by atoms with Gasteiger partial charge in [-0.2, -0.15) is 0 Å². The number of hydrogen-bond donors (Lipinski definition) is 0. The molecule has 0 saturated heterocycles. The summed E-state index contributed by atoms with van der Waals surface area (Å²) in [7, 11) is 0. The van der Waals surface area contributed by atoms with Crippen molar-refractivity contribution in [2.24, 2.45) is 0 Å². The second kappa shape index (κ2) is 6.13. The molecule has 116 valence electrons. The molecule has 0 saturated carbocycles. The summed E-state index contributed by atoms with van der Waals surface area (Å²) in [6, 6.07) is 13.4. The Morgan fingerprint density at radius 3 is 2.48 bits per heavy atom. The van der Waals surface area contributed by atoms with E-state index in [1.165, 1.54) is 0 Å². The Bertz CT molecular complexity index is 918. The zero-order valence-corrected chi connectivity index (χ0v) is 13.3. The molecular formula is C20H18O3. The average molecular weight is 306 g/mol. The highest BCUT2D eigenvalue weighted by Gasteiger charge is 2.17. The summed E-state index contributed by atoms with van der Waals surface area (Å²) in [6.45, 7) is 7.84. The van der Waals surface area contributed by atoms with E-state index in [9.17, 15) is 4.79 Å². The summed E-state index contributed by atoms with van der Waals surface area (Å²) in [5.41, 5.74) is 3.35. The van der Waals surface area contributed by atoms with Crippen molar-refractivity contribution in [1.29, 1.82) is 0 Å². The normalized spacial score (nSPS) is 10.7. The fourth-order valence-electron chi connectivity index (χ4n) is 2.46. The van der Waals surface area contributed by atoms with Gasteiger partial charge in [-0.3, -0.25) is 4.79 Å². The van der Waals surface area contributed by atoms with Crippen LogP contribution in [0.3, 0.4) is 0 Å². The smallest absolute Gasteiger partial charge is 0.235 e. The highest BCUT2D eigenvalue weighted by molar-refractivity contribution is 5.82. The van der Waals surface area contributed by atoms with E-state index in [1.54, 1.807) is 6.08 Å². The van der Waals surface area contributed by atoms with Gasteiger partial charge in [0.25, 0.3) is 0 Å². The van der Waals surface area contributed by atoms with Crippen molar-refractivity contribution in [3.8, 4) is 17.1 Å². The van der Waals surface area contributed by atoms with Crippen molar-refractivity contribution >= 4 is 11.0 Å². The Balaban J connectivity index is 2.29. The Morgan fingerprint density at radius 1 is 1.09 bits per heavy atom. The monoisotopic (exact) mass is 306 g/mol. The van der Waals surface area contributed by atoms with Gasteiger partial charge in [0.05, 0.1) is 5.39 Å². The Hall–Kier alpha value is -2.81. The minimum atomic E-state index is -0.160. The van der Waals surface area contributed by atoms with E-state index in [-0.39, 0.29) is 17.8 Å². The largest absolute Gasteiger partial charge is 0.482 e. The van der Waals surface area contributed by atoms with Crippen molar-refractivity contribution in [3.05, 3.63) is 76.5 Å². The molecule has 1 aromatic heterocycles. The molecule has 0 atom stereocenters. The molecule has 23 heavy (non-hydrogen) atoms. The maximum absolute atomic E-state index is 12.8. The van der Waals surface area contributed by atoms with Crippen LogP contribution in [0, 0.1) is 13.8 Å². The summed E-state index contributed by atoms with van der Waals surface area (Å²) >= 11 is 0. The topological polar surface area (TPSA) is 39.4 Å². The van der Waals surface area contributed by atoms with Gasteiger partial charge in [-0.05, 0) is 26.0 Å². The molecule has 0 N–H and O–H groups in total. The molecule has 0 fully saturated rings. The van der Waals surface area contributed by atoms with Crippen LogP contribution in [-0.2, 0) is 0 Å². The molecule has 0 amide bonds. The van der Waals surface area contributed by atoms with Crippen LogP contribution in [0.25, 0.3) is 22.3 Å². The molecular weight excluding hydrogens is 288 g/mol. The van der Waals surface area contributed by atoms with Gasteiger partial charge in [-0.15, -0.1) is 0 Å². The molecule has 0 aliphatic rings. The number of rotatable bonds is 4. The molecule has 0 radical (unpaired) electrons. The van der Waals surface area contributed by atoms with Gasteiger partial charge in [0, 0.05) is 5.56 Å². The van der Waals surface area contributed by atoms with Crippen LogP contribution in [0.1, 0.15) is 11.1 Å². The minimum absolute atomic E-state index is 0.160. The molecule has 3 heteroatoms. The summed E-state index contributed by atoms with van der Waals surface area (Å²) in [4.78, 5) is 12.8. The first kappa shape index (κ1) is 15.1. The van der Waals surface area contributed by atoms with Gasteiger partial charge < -0.3 is 9.15 Å². The SMILES string of the molecule is C=CCOc1c(-c2ccc(C)cc2)oc2ccc(C)cc2c1=O. The van der Waals surface area contributed by atoms with E-state index < -0.39 is 0 Å². The van der Waals surface area contributed by atoms with Gasteiger partial charge in [-0.1, -0.05) is 54.1 Å². The lowest BCUT2D eigenvalue weighted by atomic mass is 10.1. The second-order valence-electron chi connectivity index (χ2n) is 5.55. The van der Waals surface area contributed by atoms with E-state index in [1.807, 2.05) is 56.3 Å². The second-order valence-corrected chi connectivity index (χ2v) is 5.55. The van der Waals surface area contributed by atoms with Crippen molar-refractivity contribution in [2.45, 2.75) is 13.8 Å². The Labute approximate surface area is 134 Å². The Kier molecular flexibility index (Phi) is 4.02. The first-order valence-corrected chi connectivity index (χ1v) is 7.48. The van der Waals surface area contributed by atoms with Gasteiger partial charge in [0.2, 0.25) is 11.2 Å². The van der Waals surface area contributed by atoms with Gasteiger partial charge in [-0.25, -0.2) is 0 Å². The summed E-state index contributed by atoms with van der Waals surface area (Å²) in [5.74, 6) is 0.681. The summed E-state index contributed by atoms with van der Waals surface area (Å²) in [5, 5.41) is 0.528. The Morgan fingerprint density at radius 2 is 1.78 bits per heavy atom. The molecule has 3 nitrogen and oxygen atoms in total. The lowest BCUT2D eigenvalue weighted by molar-refractivity contribution is 0.351. The zero-order valence-electron chi connectivity index (χ0n) is 13.3. The molecule has 1 heterocycles. The quantitative estimate of drug-likeness (QED) is 0.659. The molecule has 0 aliphatic heterocycles. The van der Waals surface area contributed by atoms with Crippen molar-refractivity contribution in [1.82, 2.24) is 0 Å². The van der Waals surface area contributed by atoms with Crippen molar-refractivity contribution < 1.29 is 9.15 Å². The highest BCUT2D eigenvalue weighted by atomic mass is 16.5. The first-order valence-electron chi connectivity index (χ1n) is 7.48. The summed E-state index contributed by atoms with van der Waals surface area (Å²) < 4.78 is 11.6. The van der Waals surface area contributed by atoms with Crippen molar-refractivity contribution in [2.75, 3.05) is 6.61 Å². The highest BCUT2D eigenvalue weighted by Crippen LogP contribution is 2.31. The molecule has 0 bridgehead atoms. The number of benzene rings is 2. The van der Waals surface area contributed by atoms with Gasteiger partial charge in [0.1, 0.15) is 12.2 Å². The van der Waals surface area contributed by atoms with Crippen LogP contribution in [0.4, 0.5) is 0 Å². The molecule has 3 rings (SSSR count). The first-order chi connectivity index (χ1) is 11.1. The summed E-state index contributed by atoms with van der Waals surface area (Å²) in [6.07, 6.45) is 1.61. The minimum Gasteiger partial charge on any atom is -0.482 e. The number of hydrogen-bond acceptors (Lipinski definition) is 3. The molecule has 0 aliphatic carbocycles. The zero-order chi connectivity index (χ0) is 16.4. The average Bonchev–Trinajstić information content (AvgIpc) is 2.55. The van der Waals surface area contributed by atoms with Crippen LogP contribution in [0.2, 0.25) is 0 Å². The van der Waals surface area contributed by atoms with E-state index in [0.717, 1.165) is 16.7 Å². The number of aryl methyl sites for hydroxylation is 2.